The number of rotatable bonds is 1. The van der Waals surface area contributed by atoms with Crippen molar-refractivity contribution < 1.29 is 5.73 Å². The Hall–Kier alpha value is -0.820. The van der Waals surface area contributed by atoms with Gasteiger partial charge in [-0.3, -0.25) is 0 Å². The lowest BCUT2D eigenvalue weighted by atomic mass is 9.96. The predicted molar refractivity (Wildman–Crippen MR) is 42.4 cm³/mol. The van der Waals surface area contributed by atoms with Gasteiger partial charge >= 0.3 is 0 Å². The van der Waals surface area contributed by atoms with Gasteiger partial charge in [-0.15, -0.1) is 0 Å². The molecule has 1 heteroatoms. The van der Waals surface area contributed by atoms with Crippen LogP contribution in [-0.2, 0) is 5.54 Å². The molecule has 10 heavy (non-hydrogen) atoms. The van der Waals surface area contributed by atoms with E-state index in [1.165, 1.54) is 5.56 Å². The van der Waals surface area contributed by atoms with Crippen LogP contribution in [-0.4, -0.2) is 0 Å². The third kappa shape index (κ3) is 1.58. The highest BCUT2D eigenvalue weighted by molar-refractivity contribution is 5.19. The average molecular weight is 136 g/mol. The first-order valence-electron chi connectivity index (χ1n) is 3.51. The van der Waals surface area contributed by atoms with Gasteiger partial charge in [0.1, 0.15) is 5.54 Å². The SMILES string of the molecule is CC(C)([NH3+])c1ccccc1. The molecule has 0 atom stereocenters. The first-order valence-corrected chi connectivity index (χ1v) is 3.51. The van der Waals surface area contributed by atoms with Crippen LogP contribution >= 0.6 is 0 Å². The third-order valence-electron chi connectivity index (χ3n) is 1.56. The van der Waals surface area contributed by atoms with E-state index in [9.17, 15) is 0 Å². The Morgan fingerprint density at radius 2 is 1.60 bits per heavy atom. The summed E-state index contributed by atoms with van der Waals surface area (Å²) in [5.74, 6) is 0. The molecule has 0 fully saturated rings. The summed E-state index contributed by atoms with van der Waals surface area (Å²) in [5.41, 5.74) is 5.37. The molecular formula is C9H14N+. The molecule has 0 radical (unpaired) electrons. The molecule has 0 heterocycles. The van der Waals surface area contributed by atoms with E-state index in [1.807, 2.05) is 18.2 Å². The van der Waals surface area contributed by atoms with Gasteiger partial charge in [-0.2, -0.15) is 0 Å². The van der Waals surface area contributed by atoms with E-state index < -0.39 is 0 Å². The molecule has 0 amide bonds. The van der Waals surface area contributed by atoms with Crippen LogP contribution in [0.25, 0.3) is 0 Å². The van der Waals surface area contributed by atoms with E-state index >= 15 is 0 Å². The van der Waals surface area contributed by atoms with Crippen molar-refractivity contribution in [2.75, 3.05) is 0 Å². The molecule has 1 aromatic carbocycles. The van der Waals surface area contributed by atoms with E-state index in [-0.39, 0.29) is 5.54 Å². The summed E-state index contributed by atoms with van der Waals surface area (Å²) >= 11 is 0. The topological polar surface area (TPSA) is 27.6 Å². The Balaban J connectivity index is 2.97. The normalized spacial score (nSPS) is 11.5. The van der Waals surface area contributed by atoms with Crippen LogP contribution in [0.15, 0.2) is 30.3 Å². The van der Waals surface area contributed by atoms with Crippen molar-refractivity contribution in [1.82, 2.24) is 0 Å². The molecular weight excluding hydrogens is 122 g/mol. The fourth-order valence-electron chi connectivity index (χ4n) is 0.889. The van der Waals surface area contributed by atoms with E-state index in [0.717, 1.165) is 0 Å². The quantitative estimate of drug-likeness (QED) is 0.600. The maximum Gasteiger partial charge on any atom is 0.114 e. The van der Waals surface area contributed by atoms with Crippen molar-refractivity contribution in [2.45, 2.75) is 19.4 Å². The highest BCUT2D eigenvalue weighted by Gasteiger charge is 2.16. The number of benzene rings is 1. The molecule has 3 N–H and O–H groups in total. The van der Waals surface area contributed by atoms with Crippen LogP contribution in [0.5, 0.6) is 0 Å². The number of hydrogen-bond acceptors (Lipinski definition) is 0. The Kier molecular flexibility index (Phi) is 1.77. The van der Waals surface area contributed by atoms with Crippen molar-refractivity contribution >= 4 is 0 Å². The van der Waals surface area contributed by atoms with E-state index in [4.69, 9.17) is 0 Å². The molecule has 1 aromatic rings. The van der Waals surface area contributed by atoms with Crippen molar-refractivity contribution in [3.63, 3.8) is 0 Å². The highest BCUT2D eigenvalue weighted by Crippen LogP contribution is 2.12. The van der Waals surface area contributed by atoms with Gasteiger partial charge in [0.05, 0.1) is 0 Å². The van der Waals surface area contributed by atoms with Crippen molar-refractivity contribution in [1.29, 1.82) is 0 Å². The second kappa shape index (κ2) is 2.43. The second-order valence-electron chi connectivity index (χ2n) is 3.25. The molecule has 0 aliphatic carbocycles. The number of quaternary nitrogens is 1. The first kappa shape index (κ1) is 7.29. The van der Waals surface area contributed by atoms with Gasteiger partial charge in [-0.05, 0) is 13.8 Å². The Labute approximate surface area is 61.9 Å². The molecule has 0 unspecified atom stereocenters. The van der Waals surface area contributed by atoms with Gasteiger partial charge in [0.2, 0.25) is 0 Å². The van der Waals surface area contributed by atoms with Crippen LogP contribution in [0.2, 0.25) is 0 Å². The summed E-state index contributed by atoms with van der Waals surface area (Å²) in [6.45, 7) is 4.23. The minimum Gasteiger partial charge on any atom is -0.349 e. The van der Waals surface area contributed by atoms with Crippen LogP contribution in [0.4, 0.5) is 0 Å². The van der Waals surface area contributed by atoms with Crippen molar-refractivity contribution in [3.8, 4) is 0 Å². The average Bonchev–Trinajstić information content (AvgIpc) is 1.88. The molecule has 0 aliphatic rings. The maximum atomic E-state index is 4.04. The zero-order valence-corrected chi connectivity index (χ0v) is 6.59. The van der Waals surface area contributed by atoms with Gasteiger partial charge < -0.3 is 5.73 Å². The lowest BCUT2D eigenvalue weighted by Gasteiger charge is -2.14. The summed E-state index contributed by atoms with van der Waals surface area (Å²) in [6, 6.07) is 10.3. The summed E-state index contributed by atoms with van der Waals surface area (Å²) in [5, 5.41) is 0. The second-order valence-corrected chi connectivity index (χ2v) is 3.25. The predicted octanol–water partition coefficient (Wildman–Crippen LogP) is 1.16. The molecule has 1 nitrogen and oxygen atoms in total. The zero-order chi connectivity index (χ0) is 7.61. The molecule has 0 aliphatic heterocycles. The largest absolute Gasteiger partial charge is 0.349 e. The van der Waals surface area contributed by atoms with E-state index in [0.29, 0.717) is 0 Å². The standard InChI is InChI=1S/C9H13N/c1-9(2,10)8-6-4-3-5-7-8/h3-7H,10H2,1-2H3/p+1. The lowest BCUT2D eigenvalue weighted by molar-refractivity contribution is -0.475. The Morgan fingerprint density at radius 3 is 1.90 bits per heavy atom. The minimum atomic E-state index is 0.0429. The van der Waals surface area contributed by atoms with Crippen molar-refractivity contribution in [3.05, 3.63) is 35.9 Å². The van der Waals surface area contributed by atoms with Crippen LogP contribution in [0.1, 0.15) is 19.4 Å². The molecule has 0 aromatic heterocycles. The monoisotopic (exact) mass is 136 g/mol. The minimum absolute atomic E-state index is 0.0429. The highest BCUT2D eigenvalue weighted by atomic mass is 14.7. The third-order valence-corrected chi connectivity index (χ3v) is 1.56. The maximum absolute atomic E-state index is 4.04. The summed E-state index contributed by atoms with van der Waals surface area (Å²) in [4.78, 5) is 0. The van der Waals surface area contributed by atoms with Gasteiger partial charge in [0, 0.05) is 5.56 Å². The summed E-state index contributed by atoms with van der Waals surface area (Å²) < 4.78 is 0. The van der Waals surface area contributed by atoms with Gasteiger partial charge in [-0.1, -0.05) is 30.3 Å². The van der Waals surface area contributed by atoms with Crippen LogP contribution in [0, 0.1) is 0 Å². The van der Waals surface area contributed by atoms with Crippen LogP contribution < -0.4 is 5.73 Å². The Morgan fingerprint density at radius 1 is 1.10 bits per heavy atom. The van der Waals surface area contributed by atoms with Gasteiger partial charge in [-0.25, -0.2) is 0 Å². The van der Waals surface area contributed by atoms with E-state index in [2.05, 4.69) is 31.7 Å². The Bertz CT molecular complexity index is 196. The number of hydrogen-bond donors (Lipinski definition) is 1. The molecule has 0 spiro atoms. The molecule has 1 rings (SSSR count). The smallest absolute Gasteiger partial charge is 0.114 e. The van der Waals surface area contributed by atoms with Gasteiger partial charge in [0.25, 0.3) is 0 Å². The zero-order valence-electron chi connectivity index (χ0n) is 6.59. The summed E-state index contributed by atoms with van der Waals surface area (Å²) in [7, 11) is 0. The summed E-state index contributed by atoms with van der Waals surface area (Å²) in [6.07, 6.45) is 0. The fourth-order valence-corrected chi connectivity index (χ4v) is 0.889. The lowest BCUT2D eigenvalue weighted by Crippen LogP contribution is -2.66. The first-order chi connectivity index (χ1) is 4.61. The van der Waals surface area contributed by atoms with Gasteiger partial charge in [0.15, 0.2) is 0 Å². The molecule has 54 valence electrons. The molecule has 0 bridgehead atoms. The fraction of sp³-hybridized carbons (Fsp3) is 0.333. The van der Waals surface area contributed by atoms with Crippen LogP contribution in [0.3, 0.4) is 0 Å². The molecule has 0 saturated carbocycles. The van der Waals surface area contributed by atoms with E-state index in [1.54, 1.807) is 0 Å². The molecule has 0 saturated heterocycles. The van der Waals surface area contributed by atoms with Crippen molar-refractivity contribution in [2.24, 2.45) is 0 Å².